The van der Waals surface area contributed by atoms with Crippen LogP contribution in [0.4, 0.5) is 5.69 Å². The van der Waals surface area contributed by atoms with E-state index in [9.17, 15) is 14.9 Å². The van der Waals surface area contributed by atoms with Crippen molar-refractivity contribution >= 4 is 23.6 Å². The number of benzene rings is 3. The lowest BCUT2D eigenvalue weighted by molar-refractivity contribution is -0.384. The molecule has 8 heteroatoms. The number of carbonyl (C=O) groups is 1. The molecule has 0 bridgehead atoms. The summed E-state index contributed by atoms with van der Waals surface area (Å²) < 4.78 is 17.0. The molecule has 0 saturated carbocycles. The lowest BCUT2D eigenvalue weighted by atomic mass is 10.0. The van der Waals surface area contributed by atoms with Crippen molar-refractivity contribution in [1.82, 2.24) is 0 Å². The smallest absolute Gasteiger partial charge is 0.363 e. The van der Waals surface area contributed by atoms with Crippen LogP contribution in [0, 0.1) is 10.1 Å². The van der Waals surface area contributed by atoms with E-state index in [1.165, 1.54) is 17.7 Å². The molecular weight excluding hydrogens is 460 g/mol. The molecule has 0 N–H and O–H groups in total. The second-order valence-electron chi connectivity index (χ2n) is 8.46. The fourth-order valence-electron chi connectivity index (χ4n) is 3.58. The molecule has 1 heterocycles. The van der Waals surface area contributed by atoms with Crippen LogP contribution in [0.15, 0.2) is 77.4 Å². The predicted octanol–water partition coefficient (Wildman–Crippen LogP) is 6.04. The first-order valence-electron chi connectivity index (χ1n) is 11.6. The van der Waals surface area contributed by atoms with E-state index in [-0.39, 0.29) is 23.9 Å². The van der Waals surface area contributed by atoms with Gasteiger partial charge in [0, 0.05) is 17.7 Å². The van der Waals surface area contributed by atoms with E-state index in [1.807, 2.05) is 31.2 Å². The third kappa shape index (κ3) is 5.78. The largest absolute Gasteiger partial charge is 0.490 e. The number of hydrogen-bond acceptors (Lipinski definition) is 7. The van der Waals surface area contributed by atoms with Gasteiger partial charge in [0.05, 0.1) is 11.5 Å². The zero-order chi connectivity index (χ0) is 25.7. The van der Waals surface area contributed by atoms with Gasteiger partial charge in [0.2, 0.25) is 5.90 Å². The van der Waals surface area contributed by atoms with Crippen molar-refractivity contribution in [3.05, 3.63) is 105 Å². The Kier molecular flexibility index (Phi) is 7.44. The molecule has 0 spiro atoms. The molecule has 4 rings (SSSR count). The van der Waals surface area contributed by atoms with Crippen molar-refractivity contribution in [2.24, 2.45) is 4.99 Å². The maximum Gasteiger partial charge on any atom is 0.363 e. The monoisotopic (exact) mass is 486 g/mol. The van der Waals surface area contributed by atoms with E-state index in [2.05, 4.69) is 18.8 Å². The molecule has 0 aliphatic carbocycles. The Morgan fingerprint density at radius 2 is 1.72 bits per heavy atom. The molecule has 1 aliphatic rings. The van der Waals surface area contributed by atoms with Gasteiger partial charge in [-0.2, -0.15) is 0 Å². The van der Waals surface area contributed by atoms with Crippen LogP contribution in [0.5, 0.6) is 11.5 Å². The summed E-state index contributed by atoms with van der Waals surface area (Å²) in [6.07, 6.45) is 1.64. The number of rotatable bonds is 9. The minimum absolute atomic E-state index is 0.0231. The standard InChI is InChI=1S/C28H26N2O6/c1-4-34-26-16-20(7-14-25(26)35-17-19-5-12-23(13-6-19)30(32)33)15-24-28(31)36-27(29-24)22-10-8-21(9-11-22)18(2)3/h5-16,18H,4,17H2,1-3H3/b24-15-. The van der Waals surface area contributed by atoms with Gasteiger partial charge in [0.15, 0.2) is 17.2 Å². The molecule has 0 atom stereocenters. The molecule has 0 fully saturated rings. The Balaban J connectivity index is 1.51. The van der Waals surface area contributed by atoms with Crippen molar-refractivity contribution < 1.29 is 23.9 Å². The van der Waals surface area contributed by atoms with Gasteiger partial charge >= 0.3 is 5.97 Å². The minimum Gasteiger partial charge on any atom is -0.490 e. The average Bonchev–Trinajstić information content (AvgIpc) is 3.24. The summed E-state index contributed by atoms with van der Waals surface area (Å²) in [4.78, 5) is 27.2. The molecule has 8 nitrogen and oxygen atoms in total. The summed E-state index contributed by atoms with van der Waals surface area (Å²) in [6.45, 7) is 6.73. The summed E-state index contributed by atoms with van der Waals surface area (Å²) in [5.41, 5.74) is 3.63. The highest BCUT2D eigenvalue weighted by Gasteiger charge is 2.24. The Morgan fingerprint density at radius 1 is 1.00 bits per heavy atom. The number of nitrogens with zero attached hydrogens (tertiary/aromatic N) is 2. The molecule has 36 heavy (non-hydrogen) atoms. The van der Waals surface area contributed by atoms with Crippen LogP contribution in [0.3, 0.4) is 0 Å². The summed E-state index contributed by atoms with van der Waals surface area (Å²) in [5.74, 6) is 1.18. The number of carbonyl (C=O) groups excluding carboxylic acids is 1. The number of cyclic esters (lactones) is 1. The quantitative estimate of drug-likeness (QED) is 0.158. The van der Waals surface area contributed by atoms with Crippen LogP contribution in [0.25, 0.3) is 6.08 Å². The van der Waals surface area contributed by atoms with Gasteiger partial charge in [-0.05, 0) is 72.0 Å². The van der Waals surface area contributed by atoms with E-state index in [0.717, 1.165) is 11.1 Å². The minimum atomic E-state index is -0.519. The zero-order valence-corrected chi connectivity index (χ0v) is 20.3. The van der Waals surface area contributed by atoms with E-state index in [1.54, 1.807) is 36.4 Å². The summed E-state index contributed by atoms with van der Waals surface area (Å²) >= 11 is 0. The second-order valence-corrected chi connectivity index (χ2v) is 8.46. The number of non-ortho nitro benzene ring substituents is 1. The van der Waals surface area contributed by atoms with Gasteiger partial charge in [-0.1, -0.05) is 32.0 Å². The molecule has 1 aliphatic heterocycles. The van der Waals surface area contributed by atoms with Gasteiger partial charge in [-0.3, -0.25) is 10.1 Å². The van der Waals surface area contributed by atoms with Crippen LogP contribution >= 0.6 is 0 Å². The maximum atomic E-state index is 12.4. The number of nitro groups is 1. The van der Waals surface area contributed by atoms with E-state index in [0.29, 0.717) is 29.6 Å². The van der Waals surface area contributed by atoms with Crippen molar-refractivity contribution in [2.45, 2.75) is 33.3 Å². The Bertz CT molecular complexity index is 1330. The van der Waals surface area contributed by atoms with Gasteiger partial charge in [-0.15, -0.1) is 0 Å². The van der Waals surface area contributed by atoms with Gasteiger partial charge < -0.3 is 14.2 Å². The van der Waals surface area contributed by atoms with E-state index < -0.39 is 10.9 Å². The van der Waals surface area contributed by atoms with Crippen LogP contribution in [0.1, 0.15) is 48.9 Å². The molecule has 184 valence electrons. The predicted molar refractivity (Wildman–Crippen MR) is 136 cm³/mol. The van der Waals surface area contributed by atoms with Crippen LogP contribution in [-0.4, -0.2) is 23.4 Å². The molecule has 0 aromatic heterocycles. The molecule has 0 saturated heterocycles. The highest BCUT2D eigenvalue weighted by Crippen LogP contribution is 2.31. The SMILES string of the molecule is CCOc1cc(/C=C2\N=C(c3ccc(C(C)C)cc3)OC2=O)ccc1OCc1ccc([N+](=O)[O-])cc1. The van der Waals surface area contributed by atoms with Crippen LogP contribution in [0.2, 0.25) is 0 Å². The molecule has 0 unspecified atom stereocenters. The molecule has 0 radical (unpaired) electrons. The van der Waals surface area contributed by atoms with Crippen LogP contribution in [-0.2, 0) is 16.1 Å². The maximum absolute atomic E-state index is 12.4. The number of hydrogen-bond donors (Lipinski definition) is 0. The number of ether oxygens (including phenoxy) is 3. The summed E-state index contributed by atoms with van der Waals surface area (Å²) in [7, 11) is 0. The lowest BCUT2D eigenvalue weighted by Gasteiger charge is -2.13. The topological polar surface area (TPSA) is 100 Å². The average molecular weight is 487 g/mol. The first kappa shape index (κ1) is 24.7. The summed E-state index contributed by atoms with van der Waals surface area (Å²) in [5, 5.41) is 10.8. The Morgan fingerprint density at radius 3 is 2.36 bits per heavy atom. The first-order chi connectivity index (χ1) is 17.3. The third-order valence-electron chi connectivity index (χ3n) is 5.56. The molecule has 3 aromatic rings. The molecule has 0 amide bonds. The van der Waals surface area contributed by atoms with Gasteiger partial charge in [-0.25, -0.2) is 9.79 Å². The highest BCUT2D eigenvalue weighted by molar-refractivity contribution is 6.12. The Labute approximate surface area is 209 Å². The zero-order valence-electron chi connectivity index (χ0n) is 20.3. The molecule has 3 aromatic carbocycles. The van der Waals surface area contributed by atoms with Crippen molar-refractivity contribution in [2.75, 3.05) is 6.61 Å². The second kappa shape index (κ2) is 10.9. The fraction of sp³-hybridized carbons (Fsp3) is 0.214. The van der Waals surface area contributed by atoms with E-state index >= 15 is 0 Å². The van der Waals surface area contributed by atoms with Gasteiger partial charge in [0.1, 0.15) is 6.61 Å². The van der Waals surface area contributed by atoms with E-state index in [4.69, 9.17) is 14.2 Å². The number of esters is 1. The van der Waals surface area contributed by atoms with Crippen molar-refractivity contribution in [1.29, 1.82) is 0 Å². The number of nitro benzene ring substituents is 1. The third-order valence-corrected chi connectivity index (χ3v) is 5.56. The van der Waals surface area contributed by atoms with Crippen molar-refractivity contribution in [3.8, 4) is 11.5 Å². The lowest BCUT2D eigenvalue weighted by Crippen LogP contribution is -2.05. The van der Waals surface area contributed by atoms with Gasteiger partial charge in [0.25, 0.3) is 5.69 Å². The first-order valence-corrected chi connectivity index (χ1v) is 11.6. The normalized spacial score (nSPS) is 14.1. The summed E-state index contributed by atoms with van der Waals surface area (Å²) in [6, 6.07) is 19.3. The highest BCUT2D eigenvalue weighted by atomic mass is 16.6. The Hall–Kier alpha value is -4.46. The van der Waals surface area contributed by atoms with Crippen LogP contribution < -0.4 is 9.47 Å². The molecular formula is C28H26N2O6. The number of aliphatic imine (C=N–C) groups is 1. The fourth-order valence-corrected chi connectivity index (χ4v) is 3.58. The van der Waals surface area contributed by atoms with Crippen molar-refractivity contribution in [3.63, 3.8) is 0 Å².